The first-order valence-corrected chi connectivity index (χ1v) is 10.8. The molecule has 8 nitrogen and oxygen atoms in total. The highest BCUT2D eigenvalue weighted by molar-refractivity contribution is 7.92. The third-order valence-electron chi connectivity index (χ3n) is 4.36. The SMILES string of the molecule is COc1cc(CCNC(C)=O)c(NS(=O)(=O)c2cc(Cl)c(C)cc2OC)cc1OC. The van der Waals surface area contributed by atoms with Crippen molar-refractivity contribution in [2.24, 2.45) is 0 Å². The molecule has 2 N–H and O–H groups in total. The zero-order valence-electron chi connectivity index (χ0n) is 17.5. The molecule has 0 aliphatic carbocycles. The van der Waals surface area contributed by atoms with Crippen molar-refractivity contribution in [2.45, 2.75) is 25.2 Å². The zero-order valence-corrected chi connectivity index (χ0v) is 19.0. The molecule has 2 rings (SSSR count). The van der Waals surface area contributed by atoms with Crippen LogP contribution < -0.4 is 24.2 Å². The maximum Gasteiger partial charge on any atom is 0.265 e. The number of hydrogen-bond acceptors (Lipinski definition) is 6. The lowest BCUT2D eigenvalue weighted by molar-refractivity contribution is -0.118. The molecule has 0 saturated carbocycles. The van der Waals surface area contributed by atoms with E-state index in [1.165, 1.54) is 40.4 Å². The number of halogens is 1. The average Bonchev–Trinajstić information content (AvgIpc) is 2.69. The van der Waals surface area contributed by atoms with Gasteiger partial charge in [0.25, 0.3) is 10.0 Å². The molecule has 0 saturated heterocycles. The van der Waals surface area contributed by atoms with Crippen LogP contribution in [0.25, 0.3) is 0 Å². The first-order chi connectivity index (χ1) is 14.1. The number of methoxy groups -OCH3 is 3. The summed E-state index contributed by atoms with van der Waals surface area (Å²) in [5, 5.41) is 2.99. The summed E-state index contributed by atoms with van der Waals surface area (Å²) in [7, 11) is 0.278. The molecule has 2 aromatic carbocycles. The second-order valence-electron chi connectivity index (χ2n) is 6.46. The first-order valence-electron chi connectivity index (χ1n) is 8.99. The number of hydrogen-bond donors (Lipinski definition) is 2. The van der Waals surface area contributed by atoms with E-state index in [1.807, 2.05) is 0 Å². The average molecular weight is 457 g/mol. The van der Waals surface area contributed by atoms with Crippen LogP contribution in [0.1, 0.15) is 18.1 Å². The van der Waals surface area contributed by atoms with Gasteiger partial charge in [-0.15, -0.1) is 0 Å². The van der Waals surface area contributed by atoms with Gasteiger partial charge in [0, 0.05) is 24.6 Å². The molecule has 0 unspecified atom stereocenters. The summed E-state index contributed by atoms with van der Waals surface area (Å²) in [6.07, 6.45) is 0.365. The number of nitrogens with one attached hydrogen (secondary N) is 2. The van der Waals surface area contributed by atoms with Crippen molar-refractivity contribution >= 4 is 33.2 Å². The van der Waals surface area contributed by atoms with Crippen molar-refractivity contribution in [2.75, 3.05) is 32.6 Å². The number of sulfonamides is 1. The van der Waals surface area contributed by atoms with Crippen molar-refractivity contribution in [1.82, 2.24) is 5.32 Å². The molecule has 0 bridgehead atoms. The third kappa shape index (κ3) is 5.48. The fourth-order valence-electron chi connectivity index (χ4n) is 2.80. The Balaban J connectivity index is 2.51. The number of carbonyl (C=O) groups is 1. The zero-order chi connectivity index (χ0) is 22.5. The minimum atomic E-state index is -4.05. The second-order valence-corrected chi connectivity index (χ2v) is 8.51. The van der Waals surface area contributed by atoms with E-state index in [0.29, 0.717) is 40.6 Å². The second kappa shape index (κ2) is 9.90. The van der Waals surface area contributed by atoms with Crippen molar-refractivity contribution in [1.29, 1.82) is 0 Å². The Morgan fingerprint density at radius 3 is 2.17 bits per heavy atom. The number of rotatable bonds is 9. The summed E-state index contributed by atoms with van der Waals surface area (Å²) in [6.45, 7) is 3.48. The van der Waals surface area contributed by atoms with E-state index in [2.05, 4.69) is 10.0 Å². The monoisotopic (exact) mass is 456 g/mol. The Hall–Kier alpha value is -2.65. The van der Waals surface area contributed by atoms with E-state index >= 15 is 0 Å². The highest BCUT2D eigenvalue weighted by Gasteiger charge is 2.23. The Morgan fingerprint density at radius 2 is 1.60 bits per heavy atom. The maximum atomic E-state index is 13.1. The standard InChI is InChI=1S/C20H25ClN2O6S/c1-12-8-19(29-5)20(10-15(12)21)30(25,26)23-16-11-18(28-4)17(27-3)9-14(16)6-7-22-13(2)24/h8-11,23H,6-7H2,1-5H3,(H,22,24). The summed E-state index contributed by atoms with van der Waals surface area (Å²) in [6, 6.07) is 6.10. The van der Waals surface area contributed by atoms with Gasteiger partial charge < -0.3 is 19.5 Å². The summed E-state index contributed by atoms with van der Waals surface area (Å²) in [4.78, 5) is 11.1. The number of ether oxygens (including phenoxy) is 3. The molecular formula is C20H25ClN2O6S. The van der Waals surface area contributed by atoms with Gasteiger partial charge in [-0.1, -0.05) is 11.6 Å². The molecule has 10 heteroatoms. The van der Waals surface area contributed by atoms with Crippen LogP contribution in [0.3, 0.4) is 0 Å². The van der Waals surface area contributed by atoms with Crippen molar-refractivity contribution in [3.05, 3.63) is 40.4 Å². The molecule has 0 atom stereocenters. The molecule has 1 amide bonds. The van der Waals surface area contributed by atoms with Crippen molar-refractivity contribution in [3.8, 4) is 17.2 Å². The molecule has 0 radical (unpaired) electrons. The molecule has 0 heterocycles. The Labute approximate surface area is 181 Å². The van der Waals surface area contributed by atoms with Gasteiger partial charge in [-0.25, -0.2) is 8.42 Å². The van der Waals surface area contributed by atoms with Gasteiger partial charge in [0.1, 0.15) is 10.6 Å². The van der Waals surface area contributed by atoms with Crippen LogP contribution >= 0.6 is 11.6 Å². The molecule has 0 aliphatic heterocycles. The minimum absolute atomic E-state index is 0.0943. The van der Waals surface area contributed by atoms with Crippen LogP contribution in [0.5, 0.6) is 17.2 Å². The maximum absolute atomic E-state index is 13.1. The summed E-state index contributed by atoms with van der Waals surface area (Å²) < 4.78 is 44.7. The quantitative estimate of drug-likeness (QED) is 0.600. The molecule has 0 aromatic heterocycles. The third-order valence-corrected chi connectivity index (χ3v) is 6.15. The van der Waals surface area contributed by atoms with Gasteiger partial charge in [0.2, 0.25) is 5.91 Å². The fourth-order valence-corrected chi connectivity index (χ4v) is 4.30. The summed E-state index contributed by atoms with van der Waals surface area (Å²) >= 11 is 6.14. The topological polar surface area (TPSA) is 103 Å². The largest absolute Gasteiger partial charge is 0.495 e. The van der Waals surface area contributed by atoms with E-state index in [4.69, 9.17) is 25.8 Å². The van der Waals surface area contributed by atoms with Crippen LogP contribution in [0.2, 0.25) is 5.02 Å². The van der Waals surface area contributed by atoms with E-state index in [1.54, 1.807) is 19.1 Å². The number of amides is 1. The highest BCUT2D eigenvalue weighted by Crippen LogP contribution is 2.36. The van der Waals surface area contributed by atoms with Crippen LogP contribution in [0, 0.1) is 6.92 Å². The number of aryl methyl sites for hydroxylation is 1. The van der Waals surface area contributed by atoms with Gasteiger partial charge in [-0.3, -0.25) is 9.52 Å². The molecule has 2 aromatic rings. The fraction of sp³-hybridized carbons (Fsp3) is 0.350. The van der Waals surface area contributed by atoms with Crippen molar-refractivity contribution in [3.63, 3.8) is 0 Å². The van der Waals surface area contributed by atoms with E-state index in [0.717, 1.165) is 0 Å². The van der Waals surface area contributed by atoms with Gasteiger partial charge in [0.05, 0.1) is 27.0 Å². The van der Waals surface area contributed by atoms with Gasteiger partial charge >= 0.3 is 0 Å². The summed E-state index contributed by atoms with van der Waals surface area (Å²) in [5.74, 6) is 0.780. The van der Waals surface area contributed by atoms with E-state index in [-0.39, 0.29) is 22.2 Å². The Bertz CT molecular complexity index is 1040. The molecule has 164 valence electrons. The normalized spacial score (nSPS) is 11.0. The smallest absolute Gasteiger partial charge is 0.265 e. The Morgan fingerprint density at radius 1 is 1.00 bits per heavy atom. The lowest BCUT2D eigenvalue weighted by Gasteiger charge is -2.18. The predicted octanol–water partition coefficient (Wildman–Crippen LogP) is 3.15. The lowest BCUT2D eigenvalue weighted by Crippen LogP contribution is -2.23. The highest BCUT2D eigenvalue weighted by atomic mass is 35.5. The molecule has 0 spiro atoms. The summed E-state index contributed by atoms with van der Waals surface area (Å²) in [5.41, 5.74) is 1.59. The minimum Gasteiger partial charge on any atom is -0.495 e. The van der Waals surface area contributed by atoms with Crippen LogP contribution in [-0.4, -0.2) is 42.2 Å². The number of benzene rings is 2. The molecule has 0 aliphatic rings. The Kier molecular flexibility index (Phi) is 7.80. The van der Waals surface area contributed by atoms with Gasteiger partial charge in [0.15, 0.2) is 11.5 Å². The first kappa shape index (κ1) is 23.6. The van der Waals surface area contributed by atoms with Gasteiger partial charge in [-0.05, 0) is 42.7 Å². The van der Waals surface area contributed by atoms with Crippen LogP contribution in [-0.2, 0) is 21.2 Å². The molecule has 30 heavy (non-hydrogen) atoms. The van der Waals surface area contributed by atoms with Gasteiger partial charge in [-0.2, -0.15) is 0 Å². The van der Waals surface area contributed by atoms with Crippen LogP contribution in [0.15, 0.2) is 29.2 Å². The molecular weight excluding hydrogens is 432 g/mol. The molecule has 0 fully saturated rings. The lowest BCUT2D eigenvalue weighted by atomic mass is 10.1. The predicted molar refractivity (Wildman–Crippen MR) is 115 cm³/mol. The van der Waals surface area contributed by atoms with E-state index < -0.39 is 10.0 Å². The van der Waals surface area contributed by atoms with E-state index in [9.17, 15) is 13.2 Å². The van der Waals surface area contributed by atoms with Crippen LogP contribution in [0.4, 0.5) is 5.69 Å². The van der Waals surface area contributed by atoms with Crippen molar-refractivity contribution < 1.29 is 27.4 Å². The number of carbonyl (C=O) groups excluding carboxylic acids is 1. The number of anilines is 1.